The van der Waals surface area contributed by atoms with Crippen molar-refractivity contribution in [1.82, 2.24) is 4.90 Å². The third kappa shape index (κ3) is 5.49. The van der Waals surface area contributed by atoms with Crippen molar-refractivity contribution in [2.45, 2.75) is 19.0 Å². The van der Waals surface area contributed by atoms with Crippen molar-refractivity contribution in [1.29, 1.82) is 0 Å². The SMILES string of the molecule is O=C(CC1C(=O)N(c2ccc(Cl)c(Cl)c2)C(=O)N1Cc1ccc(Cl)cc1)Nc1ccc(I)cc1. The number of anilines is 2. The third-order valence-electron chi connectivity index (χ3n) is 5.25. The van der Waals surface area contributed by atoms with Gasteiger partial charge < -0.3 is 10.2 Å². The Kier molecular flexibility index (Phi) is 7.67. The molecule has 3 aromatic rings. The van der Waals surface area contributed by atoms with Crippen LogP contribution in [0.3, 0.4) is 0 Å². The number of hydrogen-bond acceptors (Lipinski definition) is 3. The van der Waals surface area contributed by atoms with E-state index in [0.717, 1.165) is 14.0 Å². The second kappa shape index (κ2) is 10.5. The maximum absolute atomic E-state index is 13.4. The van der Waals surface area contributed by atoms with Gasteiger partial charge in [-0.3, -0.25) is 9.59 Å². The standard InChI is InChI=1S/C24H17Cl3IN3O3/c25-15-3-1-14(2-4-15)13-30-21(12-22(32)29-17-7-5-16(28)6-8-17)23(33)31(24(30)34)18-9-10-19(26)20(27)11-18/h1-11,21H,12-13H2,(H,29,32). The molecule has 10 heteroatoms. The van der Waals surface area contributed by atoms with Crippen molar-refractivity contribution in [2.24, 2.45) is 0 Å². The molecule has 0 saturated carbocycles. The number of urea groups is 1. The lowest BCUT2D eigenvalue weighted by Crippen LogP contribution is -2.37. The molecule has 0 aromatic heterocycles. The molecule has 1 N–H and O–H groups in total. The summed E-state index contributed by atoms with van der Waals surface area (Å²) in [5.41, 5.74) is 1.66. The van der Waals surface area contributed by atoms with Crippen LogP contribution >= 0.6 is 57.4 Å². The molecule has 174 valence electrons. The van der Waals surface area contributed by atoms with E-state index in [2.05, 4.69) is 27.9 Å². The molecule has 0 spiro atoms. The maximum atomic E-state index is 13.4. The van der Waals surface area contributed by atoms with Crippen LogP contribution in [-0.4, -0.2) is 28.8 Å². The van der Waals surface area contributed by atoms with E-state index in [9.17, 15) is 14.4 Å². The number of amides is 4. The summed E-state index contributed by atoms with van der Waals surface area (Å²) in [4.78, 5) is 42.0. The Morgan fingerprint density at radius 3 is 2.24 bits per heavy atom. The van der Waals surface area contributed by atoms with E-state index in [1.807, 2.05) is 12.1 Å². The maximum Gasteiger partial charge on any atom is 0.332 e. The fourth-order valence-electron chi connectivity index (χ4n) is 3.58. The smallest absolute Gasteiger partial charge is 0.326 e. The molecule has 1 aliphatic rings. The minimum atomic E-state index is -0.999. The van der Waals surface area contributed by atoms with Gasteiger partial charge in [0, 0.05) is 20.8 Å². The number of halogens is 4. The first-order chi connectivity index (χ1) is 16.2. The lowest BCUT2D eigenvalue weighted by molar-refractivity contribution is -0.124. The molecule has 1 unspecified atom stereocenters. The van der Waals surface area contributed by atoms with Crippen LogP contribution in [0.1, 0.15) is 12.0 Å². The second-order valence-electron chi connectivity index (χ2n) is 7.58. The number of hydrogen-bond donors (Lipinski definition) is 1. The van der Waals surface area contributed by atoms with Crippen LogP contribution in [0.2, 0.25) is 15.1 Å². The summed E-state index contributed by atoms with van der Waals surface area (Å²) in [6, 6.07) is 17.2. The highest BCUT2D eigenvalue weighted by Gasteiger charge is 2.46. The van der Waals surface area contributed by atoms with Crippen molar-refractivity contribution in [2.75, 3.05) is 10.2 Å². The van der Waals surface area contributed by atoms with Gasteiger partial charge in [0.1, 0.15) is 6.04 Å². The van der Waals surface area contributed by atoms with Crippen LogP contribution in [0, 0.1) is 3.57 Å². The molecule has 4 amide bonds. The van der Waals surface area contributed by atoms with E-state index in [4.69, 9.17) is 34.8 Å². The van der Waals surface area contributed by atoms with Crippen LogP contribution in [-0.2, 0) is 16.1 Å². The van der Waals surface area contributed by atoms with Gasteiger partial charge in [-0.25, -0.2) is 9.69 Å². The summed E-state index contributed by atoms with van der Waals surface area (Å²) >= 11 is 20.3. The van der Waals surface area contributed by atoms with Crippen LogP contribution in [0.4, 0.5) is 16.2 Å². The quantitative estimate of drug-likeness (QED) is 0.247. The van der Waals surface area contributed by atoms with Gasteiger partial charge >= 0.3 is 6.03 Å². The number of nitrogens with one attached hydrogen (secondary N) is 1. The van der Waals surface area contributed by atoms with Gasteiger partial charge in [0.2, 0.25) is 5.91 Å². The summed E-state index contributed by atoms with van der Waals surface area (Å²) in [6.45, 7) is 0.126. The van der Waals surface area contributed by atoms with Crippen molar-refractivity contribution in [3.05, 3.63) is 90.9 Å². The molecule has 4 rings (SSSR count). The van der Waals surface area contributed by atoms with E-state index in [1.54, 1.807) is 42.5 Å². The predicted molar refractivity (Wildman–Crippen MR) is 143 cm³/mol. The minimum absolute atomic E-state index is 0.126. The predicted octanol–water partition coefficient (Wildman–Crippen LogP) is 6.62. The van der Waals surface area contributed by atoms with Crippen molar-refractivity contribution in [3.63, 3.8) is 0 Å². The number of benzene rings is 3. The Bertz CT molecular complexity index is 1250. The van der Waals surface area contributed by atoms with Crippen molar-refractivity contribution in [3.8, 4) is 0 Å². The molecule has 1 heterocycles. The number of nitrogens with zero attached hydrogens (tertiary/aromatic N) is 2. The Labute approximate surface area is 224 Å². The highest BCUT2D eigenvalue weighted by Crippen LogP contribution is 2.33. The first-order valence-electron chi connectivity index (χ1n) is 10.1. The van der Waals surface area contributed by atoms with E-state index >= 15 is 0 Å². The number of imide groups is 1. The Morgan fingerprint density at radius 2 is 1.59 bits per heavy atom. The molecular weight excluding hydrogens is 612 g/mol. The number of carbonyl (C=O) groups excluding carboxylic acids is 3. The molecular formula is C24H17Cl3IN3O3. The van der Waals surface area contributed by atoms with E-state index in [1.165, 1.54) is 17.0 Å². The summed E-state index contributed by atoms with van der Waals surface area (Å²) in [6.07, 6.45) is -0.206. The van der Waals surface area contributed by atoms with E-state index < -0.39 is 18.0 Å². The molecule has 0 radical (unpaired) electrons. The average Bonchev–Trinajstić information content (AvgIpc) is 3.02. The van der Waals surface area contributed by atoms with Gasteiger partial charge in [-0.15, -0.1) is 0 Å². The minimum Gasteiger partial charge on any atom is -0.326 e. The lowest BCUT2D eigenvalue weighted by atomic mass is 10.1. The highest BCUT2D eigenvalue weighted by molar-refractivity contribution is 14.1. The molecule has 3 aromatic carbocycles. The number of carbonyl (C=O) groups is 3. The van der Waals surface area contributed by atoms with Crippen LogP contribution in [0.5, 0.6) is 0 Å². The van der Waals surface area contributed by atoms with Crippen LogP contribution in [0.25, 0.3) is 0 Å². The number of rotatable bonds is 6. The Hall–Kier alpha value is -2.33. The largest absolute Gasteiger partial charge is 0.332 e. The summed E-state index contributed by atoms with van der Waals surface area (Å²) < 4.78 is 1.03. The monoisotopic (exact) mass is 627 g/mol. The first-order valence-corrected chi connectivity index (χ1v) is 12.3. The zero-order valence-corrected chi connectivity index (χ0v) is 21.9. The van der Waals surface area contributed by atoms with Gasteiger partial charge in [-0.05, 0) is 82.8 Å². The average molecular weight is 629 g/mol. The molecule has 6 nitrogen and oxygen atoms in total. The normalized spacial score (nSPS) is 15.7. The Morgan fingerprint density at radius 1 is 0.912 bits per heavy atom. The molecule has 1 atom stereocenters. The van der Waals surface area contributed by atoms with Crippen LogP contribution in [0.15, 0.2) is 66.7 Å². The van der Waals surface area contributed by atoms with Crippen molar-refractivity contribution < 1.29 is 14.4 Å². The summed E-state index contributed by atoms with van der Waals surface area (Å²) in [5.74, 6) is -0.903. The molecule has 0 bridgehead atoms. The van der Waals surface area contributed by atoms with Gasteiger partial charge in [-0.2, -0.15) is 0 Å². The van der Waals surface area contributed by atoms with Crippen molar-refractivity contribution >= 4 is 86.6 Å². The molecule has 0 aliphatic carbocycles. The molecule has 34 heavy (non-hydrogen) atoms. The molecule has 1 fully saturated rings. The van der Waals surface area contributed by atoms with Gasteiger partial charge in [0.15, 0.2) is 0 Å². The lowest BCUT2D eigenvalue weighted by Gasteiger charge is -2.21. The van der Waals surface area contributed by atoms with Gasteiger partial charge in [0.25, 0.3) is 5.91 Å². The topological polar surface area (TPSA) is 69.7 Å². The first kappa shape index (κ1) is 24.8. The van der Waals surface area contributed by atoms with E-state index in [-0.39, 0.29) is 29.6 Å². The second-order valence-corrected chi connectivity index (χ2v) is 10.1. The van der Waals surface area contributed by atoms with Crippen LogP contribution < -0.4 is 10.2 Å². The van der Waals surface area contributed by atoms with Gasteiger partial charge in [0.05, 0.1) is 22.2 Å². The molecule has 1 aliphatic heterocycles. The summed E-state index contributed by atoms with van der Waals surface area (Å²) in [5, 5.41) is 3.86. The Balaban J connectivity index is 1.62. The zero-order valence-electron chi connectivity index (χ0n) is 17.5. The third-order valence-corrected chi connectivity index (χ3v) is 6.96. The summed E-state index contributed by atoms with van der Waals surface area (Å²) in [7, 11) is 0. The fourth-order valence-corrected chi connectivity index (χ4v) is 4.36. The van der Waals surface area contributed by atoms with E-state index in [0.29, 0.717) is 15.7 Å². The molecule has 1 saturated heterocycles. The van der Waals surface area contributed by atoms with Gasteiger partial charge in [-0.1, -0.05) is 46.9 Å². The highest BCUT2D eigenvalue weighted by atomic mass is 127. The zero-order chi connectivity index (χ0) is 24.4. The fraction of sp³-hybridized carbons (Fsp3) is 0.125.